The van der Waals surface area contributed by atoms with Crippen LogP contribution in [-0.4, -0.2) is 30.4 Å². The maximum Gasteiger partial charge on any atom is 0.335 e. The summed E-state index contributed by atoms with van der Waals surface area (Å²) >= 11 is 21.9. The number of halogens is 4. The van der Waals surface area contributed by atoms with Crippen LogP contribution in [0.1, 0.15) is 5.56 Å². The van der Waals surface area contributed by atoms with Gasteiger partial charge in [0.25, 0.3) is 17.7 Å². The van der Waals surface area contributed by atoms with E-state index in [1.807, 2.05) is 0 Å². The third kappa shape index (κ3) is 6.14. The summed E-state index contributed by atoms with van der Waals surface area (Å²) in [6.07, 6.45) is 1.25. The highest BCUT2D eigenvalue weighted by Gasteiger charge is 2.36. The molecule has 0 atom stereocenters. The molecular formula is C25H15BrCl3N3O5. The molecule has 0 aliphatic carbocycles. The molecule has 0 aromatic heterocycles. The minimum Gasteiger partial charge on any atom is -0.481 e. The van der Waals surface area contributed by atoms with Crippen molar-refractivity contribution in [2.24, 2.45) is 0 Å². The lowest BCUT2D eigenvalue weighted by atomic mass is 10.1. The molecule has 1 fully saturated rings. The molecule has 0 unspecified atom stereocenters. The SMILES string of the molecule is O=C(COc1c(Cl)cc(/C=C2\C(=O)NC(=O)N(c3ccc(Br)cc3)C2=O)cc1Cl)Nc1ccccc1Cl. The van der Waals surface area contributed by atoms with E-state index in [4.69, 9.17) is 39.5 Å². The van der Waals surface area contributed by atoms with E-state index in [1.165, 1.54) is 18.2 Å². The normalized spacial score (nSPS) is 14.5. The van der Waals surface area contributed by atoms with Gasteiger partial charge in [0.15, 0.2) is 12.4 Å². The Labute approximate surface area is 234 Å². The minimum atomic E-state index is -0.871. The molecule has 4 rings (SSSR count). The number of rotatable bonds is 6. The summed E-state index contributed by atoms with van der Waals surface area (Å²) in [5, 5.41) is 5.19. The quantitative estimate of drug-likeness (QED) is 0.255. The lowest BCUT2D eigenvalue weighted by Crippen LogP contribution is -2.54. The van der Waals surface area contributed by atoms with Crippen molar-refractivity contribution in [2.45, 2.75) is 0 Å². The zero-order valence-electron chi connectivity index (χ0n) is 18.6. The maximum absolute atomic E-state index is 13.0. The van der Waals surface area contributed by atoms with Crippen molar-refractivity contribution in [3.8, 4) is 5.75 Å². The summed E-state index contributed by atoms with van der Waals surface area (Å²) in [7, 11) is 0. The third-order valence-electron chi connectivity index (χ3n) is 5.01. The molecule has 37 heavy (non-hydrogen) atoms. The Morgan fingerprint density at radius 2 is 1.62 bits per heavy atom. The molecule has 188 valence electrons. The Morgan fingerprint density at radius 3 is 2.27 bits per heavy atom. The summed E-state index contributed by atoms with van der Waals surface area (Å²) in [5.74, 6) is -2.15. The summed E-state index contributed by atoms with van der Waals surface area (Å²) in [6, 6.07) is 15.1. The predicted molar refractivity (Wildman–Crippen MR) is 145 cm³/mol. The van der Waals surface area contributed by atoms with Crippen LogP contribution in [0.25, 0.3) is 6.08 Å². The average Bonchev–Trinajstić information content (AvgIpc) is 2.84. The number of ether oxygens (including phenoxy) is 1. The number of barbiturate groups is 1. The zero-order chi connectivity index (χ0) is 26.7. The van der Waals surface area contributed by atoms with Gasteiger partial charge in [0.2, 0.25) is 0 Å². The standard InChI is InChI=1S/C25H15BrCl3N3O5/c26-14-5-7-15(8-6-14)32-24(35)16(23(34)31-25(32)36)9-13-10-18(28)22(19(29)11-13)37-12-21(33)30-20-4-2-1-3-17(20)27/h1-11H,12H2,(H,30,33)(H,31,34,36)/b16-9+. The Balaban J connectivity index is 1.53. The number of anilines is 2. The van der Waals surface area contributed by atoms with Gasteiger partial charge in [0.05, 0.1) is 26.4 Å². The number of hydrogen-bond donors (Lipinski definition) is 2. The molecule has 1 aliphatic rings. The van der Waals surface area contributed by atoms with E-state index < -0.39 is 30.4 Å². The Kier molecular flexibility index (Phi) is 8.19. The van der Waals surface area contributed by atoms with Crippen molar-refractivity contribution >= 4 is 91.9 Å². The van der Waals surface area contributed by atoms with Crippen LogP contribution in [0.2, 0.25) is 15.1 Å². The van der Waals surface area contributed by atoms with Gasteiger partial charge in [-0.2, -0.15) is 0 Å². The molecule has 1 heterocycles. The van der Waals surface area contributed by atoms with Gasteiger partial charge in [-0.05, 0) is 60.2 Å². The molecule has 8 nitrogen and oxygen atoms in total. The number of urea groups is 1. The molecule has 0 bridgehead atoms. The Morgan fingerprint density at radius 1 is 0.973 bits per heavy atom. The first-order valence-electron chi connectivity index (χ1n) is 10.5. The monoisotopic (exact) mass is 621 g/mol. The molecule has 0 saturated carbocycles. The lowest BCUT2D eigenvalue weighted by molar-refractivity contribution is -0.122. The number of benzene rings is 3. The van der Waals surface area contributed by atoms with Crippen molar-refractivity contribution in [2.75, 3.05) is 16.8 Å². The number of carbonyl (C=O) groups is 4. The fourth-order valence-electron chi connectivity index (χ4n) is 3.34. The molecule has 12 heteroatoms. The van der Waals surface area contributed by atoms with Crippen LogP contribution in [0.4, 0.5) is 16.2 Å². The highest BCUT2D eigenvalue weighted by atomic mass is 79.9. The molecule has 3 aromatic rings. The van der Waals surface area contributed by atoms with E-state index in [1.54, 1.807) is 48.5 Å². The molecule has 1 aliphatic heterocycles. The topological polar surface area (TPSA) is 105 Å². The van der Waals surface area contributed by atoms with Crippen molar-refractivity contribution in [3.05, 3.63) is 91.3 Å². The van der Waals surface area contributed by atoms with E-state index in [2.05, 4.69) is 26.6 Å². The van der Waals surface area contributed by atoms with Crippen molar-refractivity contribution in [1.82, 2.24) is 5.32 Å². The van der Waals surface area contributed by atoms with E-state index in [0.717, 1.165) is 9.37 Å². The van der Waals surface area contributed by atoms with Gasteiger partial charge in [-0.1, -0.05) is 62.9 Å². The molecular weight excluding hydrogens is 609 g/mol. The van der Waals surface area contributed by atoms with Crippen LogP contribution in [0.15, 0.2) is 70.7 Å². The van der Waals surface area contributed by atoms with E-state index in [0.29, 0.717) is 16.3 Å². The van der Waals surface area contributed by atoms with Gasteiger partial charge in [-0.25, -0.2) is 9.69 Å². The van der Waals surface area contributed by atoms with Gasteiger partial charge >= 0.3 is 6.03 Å². The highest BCUT2D eigenvalue weighted by Crippen LogP contribution is 2.35. The fraction of sp³-hybridized carbons (Fsp3) is 0.0400. The second-order valence-corrected chi connectivity index (χ2v) is 9.70. The summed E-state index contributed by atoms with van der Waals surface area (Å²) in [5.41, 5.74) is 0.691. The molecule has 3 aromatic carbocycles. The zero-order valence-corrected chi connectivity index (χ0v) is 22.4. The predicted octanol–water partition coefficient (Wildman–Crippen LogP) is 6.09. The second kappa shape index (κ2) is 11.4. The lowest BCUT2D eigenvalue weighted by Gasteiger charge is -2.26. The number of hydrogen-bond acceptors (Lipinski definition) is 5. The van der Waals surface area contributed by atoms with Gasteiger partial charge in [0, 0.05) is 4.47 Å². The van der Waals surface area contributed by atoms with Gasteiger partial charge in [-0.3, -0.25) is 19.7 Å². The third-order valence-corrected chi connectivity index (χ3v) is 6.43. The Hall–Kier alpha value is -3.37. The van der Waals surface area contributed by atoms with Crippen LogP contribution in [0.3, 0.4) is 0 Å². The van der Waals surface area contributed by atoms with Gasteiger partial charge in [-0.15, -0.1) is 0 Å². The fourth-order valence-corrected chi connectivity index (χ4v) is 4.40. The summed E-state index contributed by atoms with van der Waals surface area (Å²) < 4.78 is 6.24. The van der Waals surface area contributed by atoms with Gasteiger partial charge < -0.3 is 10.1 Å². The number of amides is 5. The molecule has 0 spiro atoms. The van der Waals surface area contributed by atoms with Crippen LogP contribution in [0.5, 0.6) is 5.75 Å². The molecule has 2 N–H and O–H groups in total. The summed E-state index contributed by atoms with van der Waals surface area (Å²) in [6.45, 7) is -0.406. The van der Waals surface area contributed by atoms with Crippen molar-refractivity contribution < 1.29 is 23.9 Å². The van der Waals surface area contributed by atoms with E-state index in [9.17, 15) is 19.2 Å². The first kappa shape index (κ1) is 26.7. The first-order chi connectivity index (χ1) is 17.6. The smallest absolute Gasteiger partial charge is 0.335 e. The summed E-state index contributed by atoms with van der Waals surface area (Å²) in [4.78, 5) is 50.9. The van der Waals surface area contributed by atoms with Crippen molar-refractivity contribution in [1.29, 1.82) is 0 Å². The molecule has 0 radical (unpaired) electrons. The van der Waals surface area contributed by atoms with Crippen LogP contribution in [-0.2, 0) is 14.4 Å². The number of carbonyl (C=O) groups excluding carboxylic acids is 4. The van der Waals surface area contributed by atoms with Crippen LogP contribution < -0.4 is 20.3 Å². The maximum atomic E-state index is 13.0. The number of nitrogens with one attached hydrogen (secondary N) is 2. The largest absolute Gasteiger partial charge is 0.481 e. The minimum absolute atomic E-state index is 0.0332. The van der Waals surface area contributed by atoms with Crippen LogP contribution >= 0.6 is 50.7 Å². The van der Waals surface area contributed by atoms with Gasteiger partial charge in [0.1, 0.15) is 5.57 Å². The van der Waals surface area contributed by atoms with E-state index >= 15 is 0 Å². The number of para-hydroxylation sites is 1. The second-order valence-electron chi connectivity index (χ2n) is 7.56. The average molecular weight is 624 g/mol. The van der Waals surface area contributed by atoms with E-state index in [-0.39, 0.29) is 27.1 Å². The Bertz CT molecular complexity index is 1440. The van der Waals surface area contributed by atoms with Crippen LogP contribution in [0, 0.1) is 0 Å². The molecule has 1 saturated heterocycles. The highest BCUT2D eigenvalue weighted by molar-refractivity contribution is 9.10. The molecule has 5 amide bonds. The first-order valence-corrected chi connectivity index (χ1v) is 12.4. The number of nitrogens with zero attached hydrogens (tertiary/aromatic N) is 1. The number of imide groups is 2. The van der Waals surface area contributed by atoms with Crippen molar-refractivity contribution in [3.63, 3.8) is 0 Å².